The third-order valence-electron chi connectivity index (χ3n) is 8.43. The van der Waals surface area contributed by atoms with Crippen molar-refractivity contribution in [2.75, 3.05) is 0 Å². The smallest absolute Gasteiger partial charge is 0.141 e. The van der Waals surface area contributed by atoms with Gasteiger partial charge in [0.05, 0.1) is 5.54 Å². The molecule has 4 rings (SSSR count). The highest BCUT2D eigenvalue weighted by atomic mass is 15.2. The van der Waals surface area contributed by atoms with Gasteiger partial charge in [-0.05, 0) is 73.8 Å². The Bertz CT molecular complexity index is 1210. The molecule has 36 heavy (non-hydrogen) atoms. The Balaban J connectivity index is 2.07. The number of hydrogen-bond acceptors (Lipinski definition) is 2. The third kappa shape index (κ3) is 4.17. The van der Waals surface area contributed by atoms with Crippen LogP contribution in [0.2, 0.25) is 0 Å². The average molecular weight is 482 g/mol. The Morgan fingerprint density at radius 2 is 1.75 bits per heavy atom. The lowest BCUT2D eigenvalue weighted by Crippen LogP contribution is -2.60. The van der Waals surface area contributed by atoms with Gasteiger partial charge in [0.25, 0.3) is 0 Å². The number of benzene rings is 2. The highest BCUT2D eigenvalue weighted by Gasteiger charge is 2.58. The molecule has 1 N–H and O–H groups in total. The molecule has 0 saturated carbocycles. The van der Waals surface area contributed by atoms with Crippen molar-refractivity contribution in [3.63, 3.8) is 0 Å². The van der Waals surface area contributed by atoms with Gasteiger partial charge in [0.1, 0.15) is 11.7 Å². The molecule has 190 valence electrons. The minimum Gasteiger partial charge on any atom is -0.288 e. The normalized spacial score (nSPS) is 23.5. The van der Waals surface area contributed by atoms with Gasteiger partial charge in [0.15, 0.2) is 0 Å². The van der Waals surface area contributed by atoms with E-state index < -0.39 is 0 Å². The van der Waals surface area contributed by atoms with Gasteiger partial charge in [-0.15, -0.1) is 0 Å². The van der Waals surface area contributed by atoms with Crippen LogP contribution in [0, 0.1) is 10.8 Å². The first-order valence-corrected chi connectivity index (χ1v) is 13.6. The average Bonchev–Trinajstić information content (AvgIpc) is 2.84. The molecule has 2 aromatic carbocycles. The van der Waals surface area contributed by atoms with Gasteiger partial charge in [-0.3, -0.25) is 15.3 Å². The van der Waals surface area contributed by atoms with E-state index in [9.17, 15) is 0 Å². The van der Waals surface area contributed by atoms with E-state index >= 15 is 0 Å². The van der Waals surface area contributed by atoms with Crippen LogP contribution in [-0.4, -0.2) is 22.1 Å². The molecule has 2 aromatic rings. The first kappa shape index (κ1) is 26.1. The summed E-state index contributed by atoms with van der Waals surface area (Å²) in [6.45, 7) is 16.0. The van der Waals surface area contributed by atoms with Crippen molar-refractivity contribution in [2.45, 2.75) is 91.5 Å². The predicted octanol–water partition coefficient (Wildman–Crippen LogP) is 8.90. The summed E-state index contributed by atoms with van der Waals surface area (Å²) in [5.41, 5.74) is 5.59. The van der Waals surface area contributed by atoms with Crippen LogP contribution in [0.4, 0.5) is 0 Å². The number of nitrogens with one attached hydrogen (secondary N) is 1. The largest absolute Gasteiger partial charge is 0.288 e. The lowest BCUT2D eigenvalue weighted by molar-refractivity contribution is 0.0726. The molecule has 0 aromatic heterocycles. The van der Waals surface area contributed by atoms with Gasteiger partial charge in [0, 0.05) is 16.7 Å². The van der Waals surface area contributed by atoms with Gasteiger partial charge in [-0.25, -0.2) is 0 Å². The van der Waals surface area contributed by atoms with Crippen molar-refractivity contribution in [3.05, 3.63) is 83.6 Å². The molecule has 2 atom stereocenters. The van der Waals surface area contributed by atoms with E-state index in [0.717, 1.165) is 49.2 Å². The first-order valence-electron chi connectivity index (χ1n) is 13.6. The molecule has 2 aliphatic rings. The highest BCUT2D eigenvalue weighted by molar-refractivity contribution is 6.12. The molecule has 3 heteroatoms. The molecule has 2 unspecified atom stereocenters. The lowest BCUT2D eigenvalue weighted by Gasteiger charge is -2.58. The molecule has 0 amide bonds. The van der Waals surface area contributed by atoms with Crippen molar-refractivity contribution in [1.82, 2.24) is 4.90 Å². The SMILES string of the molecule is CCCC1(C)N=C(N(C(C)=N)C2=CCCC=C2)c2ccc(-c3ccccc3)cc2C1(CC)C(C)(C)C. The van der Waals surface area contributed by atoms with Gasteiger partial charge in [0.2, 0.25) is 0 Å². The number of nitrogens with zero attached hydrogens (tertiary/aromatic N) is 2. The second kappa shape index (κ2) is 9.84. The van der Waals surface area contributed by atoms with Crippen LogP contribution in [0.5, 0.6) is 0 Å². The molecule has 1 aliphatic heterocycles. The predicted molar refractivity (Wildman–Crippen MR) is 155 cm³/mol. The fourth-order valence-electron chi connectivity index (χ4n) is 7.06. The molecule has 0 spiro atoms. The Labute approximate surface area is 218 Å². The fraction of sp³-hybridized carbons (Fsp3) is 0.455. The number of aliphatic imine (C=N–C) groups is 1. The van der Waals surface area contributed by atoms with Crippen LogP contribution in [0.3, 0.4) is 0 Å². The van der Waals surface area contributed by atoms with Crippen molar-refractivity contribution >= 4 is 11.7 Å². The third-order valence-corrected chi connectivity index (χ3v) is 8.43. The maximum atomic E-state index is 8.81. The Kier molecular flexibility index (Phi) is 7.14. The topological polar surface area (TPSA) is 39.5 Å². The van der Waals surface area contributed by atoms with Gasteiger partial charge in [-0.2, -0.15) is 0 Å². The molecule has 1 heterocycles. The highest BCUT2D eigenvalue weighted by Crippen LogP contribution is 2.58. The number of amidine groups is 2. The van der Waals surface area contributed by atoms with Crippen molar-refractivity contribution in [1.29, 1.82) is 5.41 Å². The fourth-order valence-corrected chi connectivity index (χ4v) is 7.06. The summed E-state index contributed by atoms with van der Waals surface area (Å²) in [5.74, 6) is 1.42. The van der Waals surface area contributed by atoms with E-state index in [1.807, 2.05) is 6.92 Å². The molecular weight excluding hydrogens is 438 g/mol. The van der Waals surface area contributed by atoms with E-state index in [-0.39, 0.29) is 16.4 Å². The standard InChI is InChI=1S/C33H43N3/c1-8-22-32(7)33(9-2,31(4,5)6)29-23-26(25-16-12-10-13-17-25)20-21-28(29)30(35-32)36(24(3)34)27-18-14-11-15-19-27/h10,12-14,16-21,23,34H,8-9,11,15,22H2,1-7H3. The Morgan fingerprint density at radius 1 is 1.03 bits per heavy atom. The summed E-state index contributed by atoms with van der Waals surface area (Å²) in [7, 11) is 0. The lowest BCUT2D eigenvalue weighted by atomic mass is 9.49. The number of rotatable bonds is 5. The van der Waals surface area contributed by atoms with Crippen LogP contribution in [0.25, 0.3) is 11.1 Å². The van der Waals surface area contributed by atoms with Crippen molar-refractivity contribution < 1.29 is 0 Å². The number of allylic oxidation sites excluding steroid dienone is 3. The van der Waals surface area contributed by atoms with Gasteiger partial charge < -0.3 is 0 Å². The Hall–Kier alpha value is -2.94. The minimum atomic E-state index is -0.307. The summed E-state index contributed by atoms with van der Waals surface area (Å²) in [5, 5.41) is 8.81. The monoisotopic (exact) mass is 481 g/mol. The zero-order chi connectivity index (χ0) is 26.1. The van der Waals surface area contributed by atoms with Crippen LogP contribution in [0.15, 0.2) is 77.4 Å². The molecule has 0 saturated heterocycles. The molecule has 0 radical (unpaired) electrons. The second-order valence-corrected chi connectivity index (χ2v) is 11.6. The second-order valence-electron chi connectivity index (χ2n) is 11.6. The zero-order valence-corrected chi connectivity index (χ0v) is 23.3. The Morgan fingerprint density at radius 3 is 2.31 bits per heavy atom. The maximum Gasteiger partial charge on any atom is 0.141 e. The van der Waals surface area contributed by atoms with Gasteiger partial charge >= 0.3 is 0 Å². The van der Waals surface area contributed by atoms with E-state index in [0.29, 0.717) is 5.84 Å². The van der Waals surface area contributed by atoms with E-state index in [1.165, 1.54) is 16.7 Å². The number of hydrogen-bond donors (Lipinski definition) is 1. The summed E-state index contributed by atoms with van der Waals surface area (Å²) in [4.78, 5) is 7.74. The zero-order valence-electron chi connectivity index (χ0n) is 23.3. The molecule has 0 fully saturated rings. The van der Waals surface area contributed by atoms with E-state index in [4.69, 9.17) is 10.4 Å². The van der Waals surface area contributed by atoms with Crippen LogP contribution < -0.4 is 0 Å². The van der Waals surface area contributed by atoms with Crippen molar-refractivity contribution in [3.8, 4) is 11.1 Å². The summed E-state index contributed by atoms with van der Waals surface area (Å²) in [6, 6.07) is 17.6. The maximum absolute atomic E-state index is 8.81. The minimum absolute atomic E-state index is 0.0146. The van der Waals surface area contributed by atoms with Crippen molar-refractivity contribution in [2.24, 2.45) is 10.4 Å². The van der Waals surface area contributed by atoms with Crippen LogP contribution in [-0.2, 0) is 5.41 Å². The van der Waals surface area contributed by atoms with E-state index in [1.54, 1.807) is 0 Å². The summed E-state index contributed by atoms with van der Waals surface area (Å²) < 4.78 is 0. The van der Waals surface area contributed by atoms with Gasteiger partial charge in [-0.1, -0.05) is 95.7 Å². The summed E-state index contributed by atoms with van der Waals surface area (Å²) in [6.07, 6.45) is 11.7. The molecule has 3 nitrogen and oxygen atoms in total. The van der Waals surface area contributed by atoms with Crippen LogP contribution in [0.1, 0.15) is 91.7 Å². The number of fused-ring (bicyclic) bond motifs is 1. The summed E-state index contributed by atoms with van der Waals surface area (Å²) >= 11 is 0. The quantitative estimate of drug-likeness (QED) is 0.336. The molecular formula is C33H43N3. The first-order chi connectivity index (χ1) is 17.1. The molecule has 0 bridgehead atoms. The van der Waals surface area contributed by atoms with E-state index in [2.05, 4.69) is 113 Å². The van der Waals surface area contributed by atoms with Crippen LogP contribution >= 0.6 is 0 Å². The molecule has 1 aliphatic carbocycles.